The van der Waals surface area contributed by atoms with Gasteiger partial charge in [0.2, 0.25) is 0 Å². The van der Waals surface area contributed by atoms with Crippen molar-refractivity contribution in [3.8, 4) is 33.4 Å². The number of hydrogen-bond donors (Lipinski definition) is 0. The van der Waals surface area contributed by atoms with Gasteiger partial charge in [-0.2, -0.15) is 0 Å². The van der Waals surface area contributed by atoms with E-state index < -0.39 is 48.3 Å². The fraction of sp³-hybridized carbons (Fsp3) is 0. The predicted molar refractivity (Wildman–Crippen MR) is 183 cm³/mol. The van der Waals surface area contributed by atoms with E-state index in [1.54, 1.807) is 60.7 Å². The number of fused-ring (bicyclic) bond motifs is 6. The minimum atomic E-state index is -0.581. The molecule has 0 aliphatic carbocycles. The lowest BCUT2D eigenvalue weighted by Crippen LogP contribution is -1.92. The van der Waals surface area contributed by atoms with Gasteiger partial charge in [-0.15, -0.1) is 0 Å². The van der Waals surface area contributed by atoms with Crippen LogP contribution in [0.3, 0.4) is 0 Å². The van der Waals surface area contributed by atoms with Crippen LogP contribution in [0.25, 0.3) is 87.6 Å². The highest BCUT2D eigenvalue weighted by atomic mass is 16.3. The Morgan fingerprint density at radius 1 is 0.395 bits per heavy atom. The van der Waals surface area contributed by atoms with Crippen LogP contribution in [0.4, 0.5) is 0 Å². The zero-order valence-electron chi connectivity index (χ0n) is 35.4. The predicted octanol–water partition coefficient (Wildman–Crippen LogP) is 12.0. The van der Waals surface area contributed by atoms with Gasteiger partial charge in [0.1, 0.15) is 11.2 Å². The lowest BCUT2D eigenvalue weighted by Gasteiger charge is -2.19. The molecule has 0 radical (unpaired) electrons. The van der Waals surface area contributed by atoms with E-state index in [9.17, 15) is 5.48 Å². The summed E-state index contributed by atoms with van der Waals surface area (Å²) < 4.78 is 122. The normalized spacial score (nSPS) is 16.0. The van der Waals surface area contributed by atoms with Crippen molar-refractivity contribution >= 4 is 54.3 Å². The van der Waals surface area contributed by atoms with Gasteiger partial charge in [0.15, 0.2) is 0 Å². The Labute approximate surface area is 267 Å². The summed E-state index contributed by atoms with van der Waals surface area (Å²) in [4.78, 5) is 0. The maximum Gasteiger partial charge on any atom is 0.136 e. The van der Waals surface area contributed by atoms with Crippen LogP contribution >= 0.6 is 0 Å². The minimum absolute atomic E-state index is 0.0191. The monoisotopic (exact) mass is 559 g/mol. The van der Waals surface area contributed by atoms with Crippen molar-refractivity contribution in [2.24, 2.45) is 0 Å². The van der Waals surface area contributed by atoms with Crippen LogP contribution in [0.15, 0.2) is 162 Å². The van der Waals surface area contributed by atoms with Crippen molar-refractivity contribution in [1.82, 2.24) is 0 Å². The Morgan fingerprint density at radius 3 is 1.65 bits per heavy atom. The molecule has 0 fully saturated rings. The third kappa shape index (κ3) is 3.72. The van der Waals surface area contributed by atoms with Gasteiger partial charge in [-0.25, -0.2) is 0 Å². The molecule has 1 heterocycles. The second-order valence-corrected chi connectivity index (χ2v) is 10.2. The van der Waals surface area contributed by atoms with E-state index in [1.165, 1.54) is 0 Å². The second kappa shape index (κ2) is 9.44. The van der Waals surface area contributed by atoms with Crippen LogP contribution in [-0.4, -0.2) is 0 Å². The van der Waals surface area contributed by atoms with Gasteiger partial charge in [-0.3, -0.25) is 0 Å². The maximum absolute atomic E-state index is 9.60. The second-order valence-electron chi connectivity index (χ2n) is 10.2. The fourth-order valence-electron chi connectivity index (χ4n) is 5.97. The number of rotatable bonds is 3. The Hall–Kier alpha value is -5.66. The van der Waals surface area contributed by atoms with Crippen molar-refractivity contribution < 1.29 is 22.2 Å². The molecule has 1 nitrogen and oxygen atoms in total. The zero-order valence-corrected chi connectivity index (χ0v) is 22.4. The molecular formula is C42H26O. The van der Waals surface area contributed by atoms with E-state index in [-0.39, 0.29) is 74.0 Å². The first kappa shape index (κ1) is 14.5. The standard InChI is InChI=1S/C42H26O/c1-2-12-27(13-3-1)31-16-6-7-17-33(31)42-36-20-10-8-18-34(36)41(35-19-9-11-21-37(35)42)30-22-23-32-38-24-28-14-4-5-15-29(28)25-40(38)43-39(32)26-30/h1-26H/i4D,5D,6D,7D,14D,15D,16D,17D,22D,23D,24D,25D,26D. The zero-order chi connectivity index (χ0) is 39.6. The Kier molecular flexibility index (Phi) is 3.18. The minimum Gasteiger partial charge on any atom is -0.456 e. The topological polar surface area (TPSA) is 13.1 Å². The molecule has 0 unspecified atom stereocenters. The average Bonchev–Trinajstić information content (AvgIpc) is 3.63. The summed E-state index contributed by atoms with van der Waals surface area (Å²) in [5.41, 5.74) is 1.68. The van der Waals surface area contributed by atoms with Gasteiger partial charge in [0, 0.05) is 10.8 Å². The van der Waals surface area contributed by atoms with Crippen LogP contribution in [0, 0.1) is 0 Å². The highest BCUT2D eigenvalue weighted by Crippen LogP contribution is 2.46. The molecular weight excluding hydrogens is 520 g/mol. The molecule has 0 aliphatic heterocycles. The molecule has 200 valence electrons. The summed E-state index contributed by atoms with van der Waals surface area (Å²) in [6.45, 7) is 0. The Balaban J connectivity index is 1.45. The molecule has 1 heteroatoms. The molecule has 9 rings (SSSR count). The molecule has 0 atom stereocenters. The molecule has 8 aromatic carbocycles. The lowest BCUT2D eigenvalue weighted by molar-refractivity contribution is 0.669. The molecule has 1 aromatic heterocycles. The van der Waals surface area contributed by atoms with Crippen LogP contribution < -0.4 is 0 Å². The molecule has 0 saturated heterocycles. The lowest BCUT2D eigenvalue weighted by atomic mass is 9.84. The van der Waals surface area contributed by atoms with Crippen molar-refractivity contribution in [3.63, 3.8) is 0 Å². The molecule has 0 amide bonds. The fourth-order valence-corrected chi connectivity index (χ4v) is 5.97. The summed E-state index contributed by atoms with van der Waals surface area (Å²) in [7, 11) is 0. The number of benzene rings is 8. The number of furan rings is 1. The van der Waals surface area contributed by atoms with E-state index in [0.717, 1.165) is 0 Å². The first-order chi connectivity index (χ1) is 26.8. The summed E-state index contributed by atoms with van der Waals surface area (Å²) in [6, 6.07) is 18.0. The van der Waals surface area contributed by atoms with Gasteiger partial charge in [-0.1, -0.05) is 133 Å². The third-order valence-corrected chi connectivity index (χ3v) is 7.82. The largest absolute Gasteiger partial charge is 0.456 e. The van der Waals surface area contributed by atoms with E-state index in [2.05, 4.69) is 0 Å². The summed E-state index contributed by atoms with van der Waals surface area (Å²) in [5.74, 6) is 0. The van der Waals surface area contributed by atoms with Crippen molar-refractivity contribution in [2.45, 2.75) is 0 Å². The Bertz CT molecular complexity index is 3170. The molecule has 0 bridgehead atoms. The first-order valence-electron chi connectivity index (χ1n) is 20.2. The first-order valence-corrected chi connectivity index (χ1v) is 13.7. The molecule has 0 saturated carbocycles. The van der Waals surface area contributed by atoms with E-state index in [1.807, 2.05) is 18.2 Å². The van der Waals surface area contributed by atoms with Crippen molar-refractivity contribution in [2.75, 3.05) is 0 Å². The summed E-state index contributed by atoms with van der Waals surface area (Å²) in [5, 5.41) is 1.55. The highest BCUT2D eigenvalue weighted by molar-refractivity contribution is 6.23. The van der Waals surface area contributed by atoms with Crippen LogP contribution in [0.1, 0.15) is 17.8 Å². The quantitative estimate of drug-likeness (QED) is 0.196. The van der Waals surface area contributed by atoms with Gasteiger partial charge < -0.3 is 4.42 Å². The summed E-state index contributed by atoms with van der Waals surface area (Å²) in [6.07, 6.45) is 0. The molecule has 9 aromatic rings. The average molecular weight is 560 g/mol. The van der Waals surface area contributed by atoms with E-state index >= 15 is 0 Å². The van der Waals surface area contributed by atoms with Crippen molar-refractivity contribution in [1.29, 1.82) is 0 Å². The highest BCUT2D eigenvalue weighted by Gasteiger charge is 2.19. The molecule has 0 aliphatic rings. The van der Waals surface area contributed by atoms with E-state index in [0.29, 0.717) is 43.8 Å². The van der Waals surface area contributed by atoms with Crippen molar-refractivity contribution in [3.05, 3.63) is 157 Å². The molecule has 43 heavy (non-hydrogen) atoms. The smallest absolute Gasteiger partial charge is 0.136 e. The molecule has 0 spiro atoms. The van der Waals surface area contributed by atoms with Gasteiger partial charge in [-0.05, 0) is 89.9 Å². The number of hydrogen-bond acceptors (Lipinski definition) is 1. The Morgan fingerprint density at radius 2 is 0.953 bits per heavy atom. The van der Waals surface area contributed by atoms with Crippen LogP contribution in [0.5, 0.6) is 0 Å². The van der Waals surface area contributed by atoms with E-state index in [4.69, 9.17) is 16.8 Å². The molecule has 0 N–H and O–H groups in total. The van der Waals surface area contributed by atoms with Crippen LogP contribution in [0.2, 0.25) is 0 Å². The SMILES string of the molecule is [2H]c1c([2H])c([2H])c(-c2c3ccccc3c(-c3c([2H])c([2H])c4c(oc5c([2H])c6c([2H])c([2H])c([2H])c([2H])c6c([2H])c54)c3[2H])c3ccccc23)c(-c2ccccc2)c1[2H]. The summed E-state index contributed by atoms with van der Waals surface area (Å²) >= 11 is 0. The third-order valence-electron chi connectivity index (χ3n) is 7.82. The van der Waals surface area contributed by atoms with Gasteiger partial charge in [0.05, 0.1) is 17.8 Å². The van der Waals surface area contributed by atoms with Crippen LogP contribution in [-0.2, 0) is 0 Å². The van der Waals surface area contributed by atoms with Gasteiger partial charge in [0.25, 0.3) is 0 Å². The van der Waals surface area contributed by atoms with Gasteiger partial charge >= 0.3 is 0 Å². The maximum atomic E-state index is 9.60.